The number of aliphatic hydroxyl groups is 2. The van der Waals surface area contributed by atoms with E-state index in [0.29, 0.717) is 11.1 Å². The second-order valence-corrected chi connectivity index (χ2v) is 8.22. The minimum atomic E-state index is -1.79. The molecule has 0 bridgehead atoms. The fraction of sp³-hybridized carbons (Fsp3) is 0.556. The number of benzene rings is 1. The van der Waals surface area contributed by atoms with Crippen LogP contribution in [-0.4, -0.2) is 39.3 Å². The van der Waals surface area contributed by atoms with Gasteiger partial charge in [-0.15, -0.1) is 0 Å². The third-order valence-corrected chi connectivity index (χ3v) is 4.23. The number of amides is 2. The molecule has 0 saturated heterocycles. The average molecular weight is 319 g/mol. The molecule has 23 heavy (non-hydrogen) atoms. The number of imide groups is 1. The highest BCUT2D eigenvalue weighted by atomic mass is 16.5. The van der Waals surface area contributed by atoms with E-state index in [9.17, 15) is 19.8 Å². The molecule has 0 aliphatic carbocycles. The third-order valence-electron chi connectivity index (χ3n) is 4.23. The van der Waals surface area contributed by atoms with Gasteiger partial charge in [-0.05, 0) is 28.5 Å². The van der Waals surface area contributed by atoms with Gasteiger partial charge in [0.25, 0.3) is 11.8 Å². The molecule has 2 amide bonds. The van der Waals surface area contributed by atoms with E-state index in [1.807, 2.05) is 26.8 Å². The van der Waals surface area contributed by atoms with Crippen LogP contribution in [0.4, 0.5) is 0 Å². The zero-order valence-corrected chi connectivity index (χ0v) is 14.5. The van der Waals surface area contributed by atoms with Crippen molar-refractivity contribution in [1.82, 2.24) is 4.90 Å². The Kier molecular flexibility index (Phi) is 4.16. The first-order chi connectivity index (χ1) is 10.4. The van der Waals surface area contributed by atoms with Crippen molar-refractivity contribution in [2.24, 2.45) is 5.41 Å². The summed E-state index contributed by atoms with van der Waals surface area (Å²) < 4.78 is 0. The van der Waals surface area contributed by atoms with E-state index in [1.165, 1.54) is 0 Å². The van der Waals surface area contributed by atoms with Gasteiger partial charge in [0.15, 0.2) is 6.29 Å². The van der Waals surface area contributed by atoms with Crippen LogP contribution in [0, 0.1) is 5.41 Å². The Hall–Kier alpha value is -1.72. The van der Waals surface area contributed by atoms with Crippen LogP contribution >= 0.6 is 0 Å². The Morgan fingerprint density at radius 3 is 1.87 bits per heavy atom. The van der Waals surface area contributed by atoms with E-state index in [4.69, 9.17) is 0 Å². The Morgan fingerprint density at radius 1 is 0.913 bits per heavy atom. The van der Waals surface area contributed by atoms with Gasteiger partial charge in [-0.25, -0.2) is 0 Å². The molecule has 126 valence electrons. The lowest BCUT2D eigenvalue weighted by Crippen LogP contribution is -2.53. The van der Waals surface area contributed by atoms with Gasteiger partial charge in [-0.2, -0.15) is 0 Å². The number of fused-ring (bicyclic) bond motifs is 1. The Balaban J connectivity index is 2.53. The summed E-state index contributed by atoms with van der Waals surface area (Å²) in [5.41, 5.74) is 0.798. The maximum atomic E-state index is 12.8. The summed E-state index contributed by atoms with van der Waals surface area (Å²) >= 11 is 0. The van der Waals surface area contributed by atoms with Crippen molar-refractivity contribution in [3.05, 3.63) is 34.9 Å². The van der Waals surface area contributed by atoms with Crippen molar-refractivity contribution in [3.8, 4) is 0 Å². The van der Waals surface area contributed by atoms with Crippen LogP contribution in [0.2, 0.25) is 0 Å². The molecule has 0 fully saturated rings. The molecule has 5 nitrogen and oxygen atoms in total. The fourth-order valence-corrected chi connectivity index (χ4v) is 2.95. The van der Waals surface area contributed by atoms with E-state index < -0.39 is 29.6 Å². The van der Waals surface area contributed by atoms with Gasteiger partial charge < -0.3 is 10.2 Å². The number of aliphatic hydroxyl groups excluding tert-OH is 1. The zero-order chi connectivity index (χ0) is 17.7. The normalized spacial score (nSPS) is 17.0. The molecule has 0 saturated carbocycles. The van der Waals surface area contributed by atoms with E-state index in [1.54, 1.807) is 32.9 Å². The molecule has 1 aliphatic rings. The van der Waals surface area contributed by atoms with Crippen molar-refractivity contribution in [3.63, 3.8) is 0 Å². The first-order valence-corrected chi connectivity index (χ1v) is 7.74. The lowest BCUT2D eigenvalue weighted by molar-refractivity contribution is -0.114. The highest BCUT2D eigenvalue weighted by Gasteiger charge is 2.47. The first kappa shape index (κ1) is 17.6. The molecule has 0 aromatic heterocycles. The van der Waals surface area contributed by atoms with Crippen LogP contribution in [0.25, 0.3) is 0 Å². The van der Waals surface area contributed by atoms with Crippen LogP contribution in [0.5, 0.6) is 0 Å². The topological polar surface area (TPSA) is 77.8 Å². The summed E-state index contributed by atoms with van der Waals surface area (Å²) in [5, 5.41) is 19.4. The highest BCUT2D eigenvalue weighted by Crippen LogP contribution is 2.35. The van der Waals surface area contributed by atoms with Crippen molar-refractivity contribution in [2.45, 2.75) is 59.3 Å². The van der Waals surface area contributed by atoms with Gasteiger partial charge >= 0.3 is 0 Å². The summed E-state index contributed by atoms with van der Waals surface area (Å²) in [6.07, 6.45) is -1.79. The quantitative estimate of drug-likeness (QED) is 0.648. The minimum Gasteiger partial charge on any atom is -0.366 e. The standard InChI is InChI=1S/C18H25NO4/c1-17(2,3)10-7-8-11-12(9-10)15(21)19(14(11)20)13(16(22)23)18(4,5)6/h7-9,13,16,22-23H,1-6H3/t13-/m1/s1. The van der Waals surface area contributed by atoms with Crippen LogP contribution < -0.4 is 0 Å². The molecule has 1 aromatic rings. The Bertz CT molecular complexity index is 650. The van der Waals surface area contributed by atoms with E-state index in [2.05, 4.69) is 0 Å². The molecule has 1 atom stereocenters. The molecular weight excluding hydrogens is 294 g/mol. The largest absolute Gasteiger partial charge is 0.366 e. The molecule has 2 N–H and O–H groups in total. The minimum absolute atomic E-state index is 0.147. The van der Waals surface area contributed by atoms with Gasteiger partial charge in [0.05, 0.1) is 17.2 Å². The van der Waals surface area contributed by atoms with Crippen LogP contribution in [0.1, 0.15) is 67.8 Å². The SMILES string of the molecule is CC(C)(C)c1ccc2c(c1)C(=O)N([C@H](C(O)O)C(C)(C)C)C2=O. The summed E-state index contributed by atoms with van der Waals surface area (Å²) in [7, 11) is 0. The summed E-state index contributed by atoms with van der Waals surface area (Å²) in [6.45, 7) is 11.4. The van der Waals surface area contributed by atoms with Gasteiger partial charge in [0.2, 0.25) is 0 Å². The van der Waals surface area contributed by atoms with Crippen LogP contribution in [0.15, 0.2) is 18.2 Å². The smallest absolute Gasteiger partial charge is 0.262 e. The lowest BCUT2D eigenvalue weighted by atomic mass is 9.85. The monoisotopic (exact) mass is 319 g/mol. The van der Waals surface area contributed by atoms with Crippen LogP contribution in [0.3, 0.4) is 0 Å². The molecule has 1 heterocycles. The van der Waals surface area contributed by atoms with Crippen molar-refractivity contribution < 1.29 is 19.8 Å². The molecule has 1 aromatic carbocycles. The summed E-state index contributed by atoms with van der Waals surface area (Å²) in [5.74, 6) is -0.942. The summed E-state index contributed by atoms with van der Waals surface area (Å²) in [6, 6.07) is 4.22. The summed E-state index contributed by atoms with van der Waals surface area (Å²) in [4.78, 5) is 26.4. The number of carbonyl (C=O) groups is 2. The number of hydrogen-bond donors (Lipinski definition) is 2. The Labute approximate surface area is 136 Å². The molecule has 5 heteroatoms. The van der Waals surface area contributed by atoms with Gasteiger partial charge in [-0.1, -0.05) is 47.6 Å². The van der Waals surface area contributed by atoms with E-state index in [0.717, 1.165) is 10.5 Å². The van der Waals surface area contributed by atoms with E-state index in [-0.39, 0.29) is 5.41 Å². The maximum Gasteiger partial charge on any atom is 0.262 e. The molecule has 0 spiro atoms. The highest BCUT2D eigenvalue weighted by molar-refractivity contribution is 6.21. The van der Waals surface area contributed by atoms with Crippen LogP contribution in [-0.2, 0) is 5.41 Å². The van der Waals surface area contributed by atoms with Gasteiger partial charge in [0, 0.05) is 0 Å². The predicted molar refractivity (Wildman–Crippen MR) is 87.1 cm³/mol. The fourth-order valence-electron chi connectivity index (χ4n) is 2.95. The number of rotatable bonds is 2. The Morgan fingerprint density at radius 2 is 1.43 bits per heavy atom. The molecular formula is C18H25NO4. The lowest BCUT2D eigenvalue weighted by Gasteiger charge is -2.37. The average Bonchev–Trinajstić information content (AvgIpc) is 2.61. The van der Waals surface area contributed by atoms with Gasteiger partial charge in [0.1, 0.15) is 0 Å². The number of hydrogen-bond acceptors (Lipinski definition) is 4. The third kappa shape index (κ3) is 3.03. The second-order valence-electron chi connectivity index (χ2n) is 8.22. The van der Waals surface area contributed by atoms with Crippen molar-refractivity contribution >= 4 is 11.8 Å². The second kappa shape index (κ2) is 5.42. The molecule has 0 unspecified atom stereocenters. The van der Waals surface area contributed by atoms with Gasteiger partial charge in [-0.3, -0.25) is 14.5 Å². The van der Waals surface area contributed by atoms with Crippen molar-refractivity contribution in [1.29, 1.82) is 0 Å². The number of nitrogens with zero attached hydrogens (tertiary/aromatic N) is 1. The van der Waals surface area contributed by atoms with Crippen molar-refractivity contribution in [2.75, 3.05) is 0 Å². The first-order valence-electron chi connectivity index (χ1n) is 7.74. The predicted octanol–water partition coefficient (Wildman–Crippen LogP) is 2.31. The molecule has 2 rings (SSSR count). The zero-order valence-electron chi connectivity index (χ0n) is 14.5. The molecule has 1 aliphatic heterocycles. The molecule has 0 radical (unpaired) electrons. The van der Waals surface area contributed by atoms with E-state index >= 15 is 0 Å². The maximum absolute atomic E-state index is 12.8. The number of carbonyl (C=O) groups excluding carboxylic acids is 2.